The number of carbonyl (C=O) groups is 2. The van der Waals surface area contributed by atoms with Gasteiger partial charge in [0, 0.05) is 35.1 Å². The zero-order valence-electron chi connectivity index (χ0n) is 21.8. The molecule has 0 aromatic heterocycles. The molecule has 8 heteroatoms. The fourth-order valence-corrected chi connectivity index (χ4v) is 6.61. The van der Waals surface area contributed by atoms with E-state index in [1.165, 1.54) is 0 Å². The number of amides is 2. The molecule has 2 amide bonds. The van der Waals surface area contributed by atoms with Crippen LogP contribution >= 0.6 is 0 Å². The van der Waals surface area contributed by atoms with Gasteiger partial charge in [-0.25, -0.2) is 0 Å². The van der Waals surface area contributed by atoms with Crippen LogP contribution in [0, 0.1) is 0 Å². The Kier molecular flexibility index (Phi) is 6.22. The van der Waals surface area contributed by atoms with E-state index < -0.39 is 12.1 Å². The van der Waals surface area contributed by atoms with Crippen LogP contribution in [0.2, 0.25) is 0 Å². The average molecular weight is 495 g/mol. The van der Waals surface area contributed by atoms with Gasteiger partial charge in [0.2, 0.25) is 11.8 Å². The molecule has 0 N–H and O–H groups in total. The van der Waals surface area contributed by atoms with E-state index in [0.29, 0.717) is 48.7 Å². The van der Waals surface area contributed by atoms with Crippen molar-refractivity contribution in [3.05, 3.63) is 46.5 Å². The lowest BCUT2D eigenvalue weighted by Crippen LogP contribution is -2.68. The van der Waals surface area contributed by atoms with E-state index in [9.17, 15) is 9.59 Å². The SMILES string of the molecule is CC[C@@H]1c2c(OC)ccc(OC)c2C[C@H]2C(=O)N3[C@H](CC)c4c(OC)ccc(OC)c4C[C@H]3C(=O)N12. The fourth-order valence-electron chi connectivity index (χ4n) is 6.61. The molecule has 8 nitrogen and oxygen atoms in total. The van der Waals surface area contributed by atoms with Crippen molar-refractivity contribution >= 4 is 11.8 Å². The molecular formula is C28H34N2O6. The van der Waals surface area contributed by atoms with Gasteiger partial charge in [-0.2, -0.15) is 0 Å². The minimum atomic E-state index is -0.598. The number of piperazine rings is 1. The molecule has 5 rings (SSSR count). The second kappa shape index (κ2) is 9.22. The number of carbonyl (C=O) groups excluding carboxylic acids is 2. The molecule has 36 heavy (non-hydrogen) atoms. The molecule has 0 radical (unpaired) electrons. The monoisotopic (exact) mass is 494 g/mol. The second-order valence-electron chi connectivity index (χ2n) is 9.50. The largest absolute Gasteiger partial charge is 0.496 e. The summed E-state index contributed by atoms with van der Waals surface area (Å²) in [5, 5.41) is 0. The fraction of sp³-hybridized carbons (Fsp3) is 0.500. The van der Waals surface area contributed by atoms with Gasteiger partial charge < -0.3 is 28.7 Å². The van der Waals surface area contributed by atoms with Gasteiger partial charge in [-0.15, -0.1) is 0 Å². The molecular weight excluding hydrogens is 460 g/mol. The molecule has 0 bridgehead atoms. The standard InChI is InChI=1S/C28H34N2O6/c1-7-17-25-15(21(33-3)9-11-23(25)35-5)13-19-28(32)30-18(8-2)26-16(14-20(30)27(31)29(17)19)22(34-4)10-12-24(26)36-6/h9-12,17-20H,7-8,13-14H2,1-6H3/t17-,18-,19+,20+/m1/s1. The van der Waals surface area contributed by atoms with E-state index in [1.54, 1.807) is 28.4 Å². The van der Waals surface area contributed by atoms with Crippen molar-refractivity contribution in [1.29, 1.82) is 0 Å². The van der Waals surface area contributed by atoms with Crippen LogP contribution < -0.4 is 18.9 Å². The molecule has 0 saturated carbocycles. The number of methoxy groups -OCH3 is 4. The Labute approximate surface area is 212 Å². The molecule has 1 saturated heterocycles. The van der Waals surface area contributed by atoms with Crippen LogP contribution in [-0.2, 0) is 22.4 Å². The molecule has 1 fully saturated rings. The maximum atomic E-state index is 14.3. The third-order valence-corrected chi connectivity index (χ3v) is 8.08. The highest BCUT2D eigenvalue weighted by Gasteiger charge is 2.55. The quantitative estimate of drug-likeness (QED) is 0.607. The van der Waals surface area contributed by atoms with Gasteiger partial charge in [-0.05, 0) is 37.1 Å². The summed E-state index contributed by atoms with van der Waals surface area (Å²) >= 11 is 0. The van der Waals surface area contributed by atoms with Crippen LogP contribution in [0.1, 0.15) is 61.0 Å². The first kappa shape index (κ1) is 24.3. The third kappa shape index (κ3) is 3.26. The zero-order chi connectivity index (χ0) is 25.7. The lowest BCUT2D eigenvalue weighted by atomic mass is 9.78. The van der Waals surface area contributed by atoms with Crippen molar-refractivity contribution in [2.75, 3.05) is 28.4 Å². The maximum Gasteiger partial charge on any atom is 0.246 e. The number of hydrogen-bond donors (Lipinski definition) is 0. The smallest absolute Gasteiger partial charge is 0.246 e. The number of benzene rings is 2. The first-order valence-corrected chi connectivity index (χ1v) is 12.6. The Balaban J connectivity index is 1.67. The van der Waals surface area contributed by atoms with Crippen molar-refractivity contribution in [1.82, 2.24) is 9.80 Å². The van der Waals surface area contributed by atoms with Crippen molar-refractivity contribution < 1.29 is 28.5 Å². The molecule has 3 aliphatic rings. The van der Waals surface area contributed by atoms with Crippen LogP contribution in [0.5, 0.6) is 23.0 Å². The van der Waals surface area contributed by atoms with Gasteiger partial charge in [0.15, 0.2) is 0 Å². The summed E-state index contributed by atoms with van der Waals surface area (Å²) in [6, 6.07) is 5.75. The summed E-state index contributed by atoms with van der Waals surface area (Å²) < 4.78 is 22.8. The maximum absolute atomic E-state index is 14.3. The molecule has 0 unspecified atom stereocenters. The highest BCUT2D eigenvalue weighted by atomic mass is 16.5. The van der Waals surface area contributed by atoms with Crippen molar-refractivity contribution in [3.63, 3.8) is 0 Å². The van der Waals surface area contributed by atoms with Crippen LogP contribution in [0.3, 0.4) is 0 Å². The average Bonchev–Trinajstić information content (AvgIpc) is 2.92. The number of ether oxygens (including phenoxy) is 4. The summed E-state index contributed by atoms with van der Waals surface area (Å²) in [4.78, 5) is 32.2. The molecule has 0 aliphatic carbocycles. The van der Waals surface area contributed by atoms with E-state index in [2.05, 4.69) is 0 Å². The van der Waals surface area contributed by atoms with E-state index in [0.717, 1.165) is 22.3 Å². The summed E-state index contributed by atoms with van der Waals surface area (Å²) in [6.07, 6.45) is 2.09. The third-order valence-electron chi connectivity index (χ3n) is 8.08. The van der Waals surface area contributed by atoms with Crippen molar-refractivity contribution in [2.45, 2.75) is 63.7 Å². The molecule has 2 aromatic rings. The summed E-state index contributed by atoms with van der Waals surface area (Å²) in [5.41, 5.74) is 3.75. The molecule has 2 aromatic carbocycles. The van der Waals surface area contributed by atoms with Gasteiger partial charge >= 0.3 is 0 Å². The van der Waals surface area contributed by atoms with Gasteiger partial charge in [0.1, 0.15) is 35.1 Å². The lowest BCUT2D eigenvalue weighted by molar-refractivity contribution is -0.170. The molecule has 192 valence electrons. The van der Waals surface area contributed by atoms with E-state index in [-0.39, 0.29) is 23.9 Å². The Hall–Kier alpha value is -3.42. The number of hydrogen-bond acceptors (Lipinski definition) is 6. The number of nitrogens with zero attached hydrogens (tertiary/aromatic N) is 2. The number of fused-ring (bicyclic) bond motifs is 4. The zero-order valence-corrected chi connectivity index (χ0v) is 21.8. The predicted octanol–water partition coefficient (Wildman–Crippen LogP) is 3.84. The first-order valence-electron chi connectivity index (χ1n) is 12.6. The van der Waals surface area contributed by atoms with E-state index >= 15 is 0 Å². The minimum absolute atomic E-state index is 0.0315. The molecule has 3 aliphatic heterocycles. The second-order valence-corrected chi connectivity index (χ2v) is 9.50. The minimum Gasteiger partial charge on any atom is -0.496 e. The summed E-state index contributed by atoms with van der Waals surface area (Å²) in [7, 11) is 6.53. The summed E-state index contributed by atoms with van der Waals surface area (Å²) in [5.74, 6) is 2.80. The van der Waals surface area contributed by atoms with Gasteiger partial charge in [0.25, 0.3) is 0 Å². The molecule has 4 atom stereocenters. The normalized spacial score (nSPS) is 24.4. The van der Waals surface area contributed by atoms with Crippen LogP contribution in [0.25, 0.3) is 0 Å². The van der Waals surface area contributed by atoms with Crippen molar-refractivity contribution in [3.8, 4) is 23.0 Å². The topological polar surface area (TPSA) is 77.5 Å². The summed E-state index contributed by atoms with van der Waals surface area (Å²) in [6.45, 7) is 4.08. The van der Waals surface area contributed by atoms with Crippen LogP contribution in [-0.4, -0.2) is 62.1 Å². The Morgan fingerprint density at radius 1 is 0.639 bits per heavy atom. The first-order chi connectivity index (χ1) is 17.4. The molecule has 3 heterocycles. The van der Waals surface area contributed by atoms with E-state index in [4.69, 9.17) is 18.9 Å². The Morgan fingerprint density at radius 3 is 1.28 bits per heavy atom. The van der Waals surface area contributed by atoms with Crippen molar-refractivity contribution in [2.24, 2.45) is 0 Å². The highest BCUT2D eigenvalue weighted by molar-refractivity contribution is 5.99. The van der Waals surface area contributed by atoms with Crippen LogP contribution in [0.15, 0.2) is 24.3 Å². The van der Waals surface area contributed by atoms with E-state index in [1.807, 2.05) is 47.9 Å². The Bertz CT molecular complexity index is 1120. The molecule has 0 spiro atoms. The highest BCUT2D eigenvalue weighted by Crippen LogP contribution is 2.51. The lowest BCUT2D eigenvalue weighted by Gasteiger charge is -2.54. The van der Waals surface area contributed by atoms with Gasteiger partial charge in [-0.3, -0.25) is 9.59 Å². The predicted molar refractivity (Wildman–Crippen MR) is 134 cm³/mol. The number of rotatable bonds is 6. The van der Waals surface area contributed by atoms with Gasteiger partial charge in [-0.1, -0.05) is 13.8 Å². The van der Waals surface area contributed by atoms with Gasteiger partial charge in [0.05, 0.1) is 40.5 Å². The Morgan fingerprint density at radius 2 is 0.972 bits per heavy atom. The van der Waals surface area contributed by atoms with Crippen LogP contribution in [0.4, 0.5) is 0 Å².